The van der Waals surface area contributed by atoms with Gasteiger partial charge in [-0.3, -0.25) is 4.79 Å². The van der Waals surface area contributed by atoms with Gasteiger partial charge in [0, 0.05) is 0 Å². The smallest absolute Gasteiger partial charge is 0.301 e. The molecule has 0 saturated carbocycles. The molecular weight excluding hydrogens is 286 g/mol. The predicted molar refractivity (Wildman–Crippen MR) is 57.9 cm³/mol. The number of hydrogen-bond acceptors (Lipinski definition) is 4. The number of hydrogen-bond donors (Lipinski definition) is 1. The minimum Gasteiger partial charge on any atom is -0.458 e. The van der Waals surface area contributed by atoms with Crippen molar-refractivity contribution in [2.45, 2.75) is 19.1 Å². The molecule has 0 unspecified atom stereocenters. The molecule has 0 spiro atoms. The number of carbonyl (C=O) groups is 1. The Balaban J connectivity index is 2.87. The van der Waals surface area contributed by atoms with E-state index in [2.05, 4.69) is 15.9 Å². The number of halogens is 1. The molecule has 0 aromatic carbocycles. The van der Waals surface area contributed by atoms with Crippen LogP contribution < -0.4 is 4.72 Å². The molecule has 7 heteroatoms. The van der Waals surface area contributed by atoms with Crippen molar-refractivity contribution in [1.29, 1.82) is 0 Å². The van der Waals surface area contributed by atoms with Gasteiger partial charge in [0.15, 0.2) is 0 Å². The molecule has 0 saturated heterocycles. The van der Waals surface area contributed by atoms with E-state index in [0.717, 1.165) is 0 Å². The van der Waals surface area contributed by atoms with Crippen LogP contribution in [0.15, 0.2) is 21.2 Å². The number of rotatable bonds is 3. The second kappa shape index (κ2) is 4.36. The summed E-state index contributed by atoms with van der Waals surface area (Å²) in [5.74, 6) is -0.834. The summed E-state index contributed by atoms with van der Waals surface area (Å²) >= 11 is 3.06. The second-order valence-corrected chi connectivity index (χ2v) is 6.21. The standard InChI is InChI=1S/C8H10BrNO4S/c1-5(2)15(12,13)10-8(11)7-6(9)3-4-14-7/h3-5H,1-2H3,(H,10,11). The van der Waals surface area contributed by atoms with Crippen LogP contribution in [0.2, 0.25) is 0 Å². The fourth-order valence-electron chi connectivity index (χ4n) is 0.749. The van der Waals surface area contributed by atoms with Gasteiger partial charge < -0.3 is 4.42 Å². The Morgan fingerprint density at radius 2 is 2.13 bits per heavy atom. The van der Waals surface area contributed by atoms with Gasteiger partial charge in [0.05, 0.1) is 16.0 Å². The highest BCUT2D eigenvalue weighted by Gasteiger charge is 2.22. The molecule has 0 radical (unpaired) electrons. The zero-order valence-electron chi connectivity index (χ0n) is 8.15. The van der Waals surface area contributed by atoms with Crippen LogP contribution in [0.1, 0.15) is 24.4 Å². The summed E-state index contributed by atoms with van der Waals surface area (Å²) in [6.45, 7) is 2.96. The minimum absolute atomic E-state index is 0.0563. The Bertz CT molecular complexity index is 463. The molecule has 1 N–H and O–H groups in total. The Hall–Kier alpha value is -0.820. The van der Waals surface area contributed by atoms with Crippen LogP contribution in [-0.4, -0.2) is 19.6 Å². The van der Waals surface area contributed by atoms with Crippen molar-refractivity contribution in [2.75, 3.05) is 0 Å². The first-order valence-electron chi connectivity index (χ1n) is 4.13. The van der Waals surface area contributed by atoms with Crippen LogP contribution in [0.25, 0.3) is 0 Å². The van der Waals surface area contributed by atoms with Crippen LogP contribution in [-0.2, 0) is 10.0 Å². The number of amides is 1. The van der Waals surface area contributed by atoms with Crippen molar-refractivity contribution in [2.24, 2.45) is 0 Å². The number of carbonyl (C=O) groups excluding carboxylic acids is 1. The topological polar surface area (TPSA) is 76.4 Å². The lowest BCUT2D eigenvalue weighted by molar-refractivity contribution is 0.0953. The van der Waals surface area contributed by atoms with E-state index in [9.17, 15) is 13.2 Å². The SMILES string of the molecule is CC(C)S(=O)(=O)NC(=O)c1occc1Br. The fraction of sp³-hybridized carbons (Fsp3) is 0.375. The first-order chi connectivity index (χ1) is 6.84. The monoisotopic (exact) mass is 295 g/mol. The van der Waals surface area contributed by atoms with E-state index < -0.39 is 21.2 Å². The van der Waals surface area contributed by atoms with E-state index in [1.807, 2.05) is 4.72 Å². The summed E-state index contributed by atoms with van der Waals surface area (Å²) in [7, 11) is -3.62. The van der Waals surface area contributed by atoms with Gasteiger partial charge in [-0.05, 0) is 35.8 Å². The maximum absolute atomic E-state index is 11.4. The average Bonchev–Trinajstić information content (AvgIpc) is 2.50. The van der Waals surface area contributed by atoms with Gasteiger partial charge in [0.2, 0.25) is 15.8 Å². The Morgan fingerprint density at radius 1 is 1.53 bits per heavy atom. The molecule has 1 heterocycles. The zero-order valence-corrected chi connectivity index (χ0v) is 10.6. The summed E-state index contributed by atoms with van der Waals surface area (Å²) in [6.07, 6.45) is 1.29. The minimum atomic E-state index is -3.62. The van der Waals surface area contributed by atoms with Crippen molar-refractivity contribution < 1.29 is 17.6 Å². The van der Waals surface area contributed by atoms with E-state index >= 15 is 0 Å². The molecule has 1 aromatic heterocycles. The molecule has 1 aromatic rings. The molecule has 1 amide bonds. The van der Waals surface area contributed by atoms with Crippen LogP contribution in [0.5, 0.6) is 0 Å². The Morgan fingerprint density at radius 3 is 2.53 bits per heavy atom. The van der Waals surface area contributed by atoms with Gasteiger partial charge in [0.25, 0.3) is 0 Å². The highest BCUT2D eigenvalue weighted by molar-refractivity contribution is 9.10. The summed E-state index contributed by atoms with van der Waals surface area (Å²) in [6, 6.07) is 1.51. The van der Waals surface area contributed by atoms with Gasteiger partial charge in [-0.1, -0.05) is 0 Å². The molecule has 5 nitrogen and oxygen atoms in total. The van der Waals surface area contributed by atoms with Crippen LogP contribution in [0.3, 0.4) is 0 Å². The van der Waals surface area contributed by atoms with Gasteiger partial charge in [-0.15, -0.1) is 0 Å². The summed E-state index contributed by atoms with van der Waals surface area (Å²) in [5, 5.41) is -0.671. The van der Waals surface area contributed by atoms with Crippen LogP contribution >= 0.6 is 15.9 Å². The first-order valence-corrected chi connectivity index (χ1v) is 6.47. The maximum Gasteiger partial charge on any atom is 0.301 e. The first kappa shape index (κ1) is 12.3. The Labute approximate surface area is 96.0 Å². The summed E-state index contributed by atoms with van der Waals surface area (Å²) in [5.41, 5.74) is 0. The van der Waals surface area contributed by atoms with Crippen LogP contribution in [0.4, 0.5) is 0 Å². The largest absolute Gasteiger partial charge is 0.458 e. The molecule has 0 fully saturated rings. The van der Waals surface area contributed by atoms with E-state index in [4.69, 9.17) is 4.42 Å². The molecule has 0 bridgehead atoms. The van der Waals surface area contributed by atoms with Crippen molar-refractivity contribution in [3.05, 3.63) is 22.6 Å². The maximum atomic E-state index is 11.4. The molecule has 0 aliphatic carbocycles. The van der Waals surface area contributed by atoms with E-state index in [1.165, 1.54) is 26.2 Å². The third kappa shape index (κ3) is 2.82. The van der Waals surface area contributed by atoms with Crippen molar-refractivity contribution >= 4 is 31.9 Å². The second-order valence-electron chi connectivity index (χ2n) is 3.12. The quantitative estimate of drug-likeness (QED) is 0.917. The van der Waals surface area contributed by atoms with Gasteiger partial charge >= 0.3 is 5.91 Å². The molecule has 0 aliphatic rings. The van der Waals surface area contributed by atoms with Crippen molar-refractivity contribution in [1.82, 2.24) is 4.72 Å². The molecule has 0 atom stereocenters. The van der Waals surface area contributed by atoms with E-state index in [1.54, 1.807) is 0 Å². The number of sulfonamides is 1. The van der Waals surface area contributed by atoms with Gasteiger partial charge in [-0.25, -0.2) is 13.1 Å². The highest BCUT2D eigenvalue weighted by Crippen LogP contribution is 2.17. The molecular formula is C8H10BrNO4S. The van der Waals surface area contributed by atoms with E-state index in [0.29, 0.717) is 4.47 Å². The molecule has 84 valence electrons. The molecule has 0 aliphatic heterocycles. The van der Waals surface area contributed by atoms with Crippen molar-refractivity contribution in [3.8, 4) is 0 Å². The lowest BCUT2D eigenvalue weighted by Crippen LogP contribution is -2.35. The lowest BCUT2D eigenvalue weighted by atomic mass is 10.4. The van der Waals surface area contributed by atoms with Crippen LogP contribution in [0, 0.1) is 0 Å². The van der Waals surface area contributed by atoms with Crippen molar-refractivity contribution in [3.63, 3.8) is 0 Å². The Kier molecular flexibility index (Phi) is 3.56. The highest BCUT2D eigenvalue weighted by atomic mass is 79.9. The average molecular weight is 296 g/mol. The number of nitrogens with one attached hydrogen (secondary N) is 1. The normalized spacial score (nSPS) is 11.7. The predicted octanol–water partition coefficient (Wildman–Crippen LogP) is 1.51. The van der Waals surface area contributed by atoms with E-state index in [-0.39, 0.29) is 5.76 Å². The third-order valence-electron chi connectivity index (χ3n) is 1.68. The van der Waals surface area contributed by atoms with Gasteiger partial charge in [-0.2, -0.15) is 0 Å². The zero-order chi connectivity index (χ0) is 11.6. The molecule has 15 heavy (non-hydrogen) atoms. The summed E-state index contributed by atoms with van der Waals surface area (Å²) in [4.78, 5) is 11.4. The molecule has 1 rings (SSSR count). The fourth-order valence-corrected chi connectivity index (χ4v) is 1.72. The van der Waals surface area contributed by atoms with Gasteiger partial charge in [0.1, 0.15) is 0 Å². The lowest BCUT2D eigenvalue weighted by Gasteiger charge is -2.07. The summed E-state index contributed by atoms with van der Waals surface area (Å²) < 4.78 is 29.9. The number of furan rings is 1. The third-order valence-corrected chi connectivity index (χ3v) is 4.01.